The maximum atomic E-state index is 12.9. The van der Waals surface area contributed by atoms with E-state index < -0.39 is 6.03 Å². The normalized spacial score (nSPS) is 19.0. The first-order valence-electron chi connectivity index (χ1n) is 9.73. The number of nitrogens with one attached hydrogen (secondary N) is 2. The minimum atomic E-state index is -0.424. The molecule has 1 aromatic carbocycles. The van der Waals surface area contributed by atoms with Crippen molar-refractivity contribution >= 4 is 17.8 Å². The Bertz CT molecular complexity index is 715. The molecule has 152 valence electrons. The molecule has 0 bridgehead atoms. The number of benzene rings is 1. The van der Waals surface area contributed by atoms with Gasteiger partial charge in [0.25, 0.3) is 5.91 Å². The van der Waals surface area contributed by atoms with Gasteiger partial charge in [-0.2, -0.15) is 0 Å². The molecule has 2 heterocycles. The fraction of sp³-hybridized carbons (Fsp3) is 0.550. The summed E-state index contributed by atoms with van der Waals surface area (Å²) in [5.41, 5.74) is 1.14. The molecule has 0 aliphatic carbocycles. The van der Waals surface area contributed by atoms with Crippen molar-refractivity contribution < 1.29 is 19.1 Å². The Balaban J connectivity index is 1.67. The molecule has 4 amide bonds. The number of morpholine rings is 1. The van der Waals surface area contributed by atoms with E-state index in [4.69, 9.17) is 4.74 Å². The maximum absolute atomic E-state index is 12.9. The number of imide groups is 1. The summed E-state index contributed by atoms with van der Waals surface area (Å²) in [7, 11) is 0. The molecule has 2 saturated heterocycles. The lowest BCUT2D eigenvalue weighted by molar-refractivity contribution is -0.125. The Morgan fingerprint density at radius 1 is 1.21 bits per heavy atom. The van der Waals surface area contributed by atoms with E-state index in [1.54, 1.807) is 24.3 Å². The number of amides is 4. The van der Waals surface area contributed by atoms with Crippen LogP contribution in [-0.4, -0.2) is 73.1 Å². The third kappa shape index (κ3) is 4.69. The van der Waals surface area contributed by atoms with Crippen molar-refractivity contribution in [3.05, 3.63) is 35.4 Å². The molecule has 8 nitrogen and oxygen atoms in total. The third-order valence-corrected chi connectivity index (χ3v) is 5.28. The van der Waals surface area contributed by atoms with Crippen molar-refractivity contribution in [1.82, 2.24) is 20.4 Å². The topological polar surface area (TPSA) is 91.0 Å². The van der Waals surface area contributed by atoms with Gasteiger partial charge in [0.2, 0.25) is 5.91 Å². The lowest BCUT2D eigenvalue weighted by Gasteiger charge is -2.37. The van der Waals surface area contributed by atoms with E-state index in [0.717, 1.165) is 18.0 Å². The van der Waals surface area contributed by atoms with Crippen molar-refractivity contribution in [2.45, 2.75) is 26.4 Å². The number of rotatable bonds is 7. The van der Waals surface area contributed by atoms with Gasteiger partial charge in [-0.1, -0.05) is 32.0 Å². The van der Waals surface area contributed by atoms with E-state index in [2.05, 4.69) is 29.4 Å². The summed E-state index contributed by atoms with van der Waals surface area (Å²) in [6.45, 7) is 8.08. The van der Waals surface area contributed by atoms with Crippen LogP contribution in [0.5, 0.6) is 0 Å². The Labute approximate surface area is 165 Å². The number of urea groups is 1. The van der Waals surface area contributed by atoms with E-state index in [1.807, 2.05) is 0 Å². The highest BCUT2D eigenvalue weighted by atomic mass is 16.5. The van der Waals surface area contributed by atoms with Crippen molar-refractivity contribution in [3.63, 3.8) is 0 Å². The second-order valence-corrected chi connectivity index (χ2v) is 7.47. The van der Waals surface area contributed by atoms with Crippen LogP contribution in [0.25, 0.3) is 0 Å². The lowest BCUT2D eigenvalue weighted by atomic mass is 10.0. The second-order valence-electron chi connectivity index (χ2n) is 7.47. The monoisotopic (exact) mass is 388 g/mol. The molecule has 0 radical (unpaired) electrons. The molecule has 0 saturated carbocycles. The number of hydrogen-bond donors (Lipinski definition) is 2. The molecular formula is C20H28N4O4. The Morgan fingerprint density at radius 3 is 2.57 bits per heavy atom. The van der Waals surface area contributed by atoms with E-state index in [0.29, 0.717) is 36.8 Å². The quantitative estimate of drug-likeness (QED) is 0.675. The minimum Gasteiger partial charge on any atom is -0.379 e. The zero-order valence-electron chi connectivity index (χ0n) is 16.4. The van der Waals surface area contributed by atoms with Crippen LogP contribution in [0.2, 0.25) is 0 Å². The third-order valence-electron chi connectivity index (χ3n) is 5.28. The van der Waals surface area contributed by atoms with Gasteiger partial charge in [-0.15, -0.1) is 0 Å². The molecule has 8 heteroatoms. The summed E-state index contributed by atoms with van der Waals surface area (Å²) in [6.07, 6.45) is 0. The fourth-order valence-electron chi connectivity index (χ4n) is 3.65. The van der Waals surface area contributed by atoms with Crippen LogP contribution in [-0.2, 0) is 16.1 Å². The predicted octanol–water partition coefficient (Wildman–Crippen LogP) is 0.825. The number of hydrogen-bond acceptors (Lipinski definition) is 5. The average Bonchev–Trinajstić information content (AvgIpc) is 3.01. The molecule has 2 aliphatic rings. The summed E-state index contributed by atoms with van der Waals surface area (Å²) >= 11 is 0. The van der Waals surface area contributed by atoms with E-state index in [1.165, 1.54) is 0 Å². The second kappa shape index (κ2) is 9.16. The molecule has 0 aromatic heterocycles. The van der Waals surface area contributed by atoms with E-state index in [9.17, 15) is 14.4 Å². The highest BCUT2D eigenvalue weighted by Gasteiger charge is 2.30. The van der Waals surface area contributed by atoms with Crippen LogP contribution in [0.3, 0.4) is 0 Å². The first-order chi connectivity index (χ1) is 13.5. The first kappa shape index (κ1) is 20.3. The molecule has 2 N–H and O–H groups in total. The van der Waals surface area contributed by atoms with Crippen molar-refractivity contribution in [3.8, 4) is 0 Å². The first-order valence-corrected chi connectivity index (χ1v) is 9.73. The highest BCUT2D eigenvalue weighted by Crippen LogP contribution is 2.16. The molecule has 2 fully saturated rings. The molecular weight excluding hydrogens is 360 g/mol. The van der Waals surface area contributed by atoms with Gasteiger partial charge < -0.3 is 15.4 Å². The SMILES string of the molecule is CC(C)[C@@H](CNC(=O)c1ccccc1CN1C(=O)CNC1=O)N1CCOCC1. The molecule has 28 heavy (non-hydrogen) atoms. The number of carbonyl (C=O) groups is 3. The summed E-state index contributed by atoms with van der Waals surface area (Å²) in [5.74, 6) is -0.0893. The molecule has 0 spiro atoms. The Kier molecular flexibility index (Phi) is 6.64. The van der Waals surface area contributed by atoms with Crippen LogP contribution >= 0.6 is 0 Å². The zero-order valence-corrected chi connectivity index (χ0v) is 16.4. The van der Waals surface area contributed by atoms with E-state index in [-0.39, 0.29) is 30.9 Å². The summed E-state index contributed by atoms with van der Waals surface area (Å²) in [5, 5.41) is 5.54. The lowest BCUT2D eigenvalue weighted by Crippen LogP contribution is -2.51. The van der Waals surface area contributed by atoms with Crippen molar-refractivity contribution in [2.75, 3.05) is 39.4 Å². The summed E-state index contributed by atoms with van der Waals surface area (Å²) in [6, 6.07) is 6.89. The minimum absolute atomic E-state index is 0.00279. The largest absolute Gasteiger partial charge is 0.379 e. The van der Waals surface area contributed by atoms with Crippen molar-refractivity contribution in [2.24, 2.45) is 5.92 Å². The molecule has 3 rings (SSSR count). The Morgan fingerprint density at radius 2 is 1.93 bits per heavy atom. The summed E-state index contributed by atoms with van der Waals surface area (Å²) < 4.78 is 5.43. The van der Waals surface area contributed by atoms with Crippen LogP contribution < -0.4 is 10.6 Å². The van der Waals surface area contributed by atoms with Gasteiger partial charge in [0.1, 0.15) is 0 Å². The van der Waals surface area contributed by atoms with Gasteiger partial charge in [-0.25, -0.2) is 4.79 Å². The van der Waals surface area contributed by atoms with Crippen LogP contribution in [0.4, 0.5) is 4.79 Å². The highest BCUT2D eigenvalue weighted by molar-refractivity contribution is 6.02. The van der Waals surface area contributed by atoms with Gasteiger partial charge in [0, 0.05) is 31.2 Å². The van der Waals surface area contributed by atoms with Crippen LogP contribution in [0.1, 0.15) is 29.8 Å². The van der Waals surface area contributed by atoms with Gasteiger partial charge in [-0.3, -0.25) is 19.4 Å². The van der Waals surface area contributed by atoms with Gasteiger partial charge in [0.05, 0.1) is 26.3 Å². The fourth-order valence-corrected chi connectivity index (χ4v) is 3.65. The number of carbonyl (C=O) groups excluding carboxylic acids is 3. The average molecular weight is 388 g/mol. The van der Waals surface area contributed by atoms with Crippen LogP contribution in [0.15, 0.2) is 24.3 Å². The van der Waals surface area contributed by atoms with E-state index >= 15 is 0 Å². The smallest absolute Gasteiger partial charge is 0.324 e. The molecule has 2 aliphatic heterocycles. The van der Waals surface area contributed by atoms with Gasteiger partial charge >= 0.3 is 6.03 Å². The molecule has 1 atom stereocenters. The number of nitrogens with zero attached hydrogens (tertiary/aromatic N) is 2. The standard InChI is InChI=1S/C20H28N4O4/c1-14(2)17(23-7-9-28-10-8-23)11-21-19(26)16-6-4-3-5-15(16)13-24-18(25)12-22-20(24)27/h3-6,14,17H,7-13H2,1-2H3,(H,21,26)(H,22,27)/t17-/m1/s1. The molecule has 0 unspecified atom stereocenters. The van der Waals surface area contributed by atoms with Gasteiger partial charge in [-0.05, 0) is 17.5 Å². The summed E-state index contributed by atoms with van der Waals surface area (Å²) in [4.78, 5) is 40.0. The zero-order chi connectivity index (χ0) is 20.1. The molecule has 1 aromatic rings. The van der Waals surface area contributed by atoms with Gasteiger partial charge in [0.15, 0.2) is 0 Å². The predicted molar refractivity (Wildman–Crippen MR) is 104 cm³/mol. The number of ether oxygens (including phenoxy) is 1. The van der Waals surface area contributed by atoms with Crippen molar-refractivity contribution in [1.29, 1.82) is 0 Å². The maximum Gasteiger partial charge on any atom is 0.324 e. The van der Waals surface area contributed by atoms with Crippen LogP contribution in [0, 0.1) is 5.92 Å². The Hall–Kier alpha value is -2.45.